The number of carbonyl (C=O) groups excluding carboxylic acids is 1. The largest absolute Gasteiger partial charge is 0.481 e. The van der Waals surface area contributed by atoms with Crippen LogP contribution in [-0.2, 0) is 4.79 Å². The third-order valence-corrected chi connectivity index (χ3v) is 3.54. The van der Waals surface area contributed by atoms with Gasteiger partial charge >= 0.3 is 12.0 Å². The Morgan fingerprint density at radius 1 is 1.17 bits per heavy atom. The lowest BCUT2D eigenvalue weighted by molar-refractivity contribution is -0.137. The normalized spacial score (nSPS) is 23.4. The molecule has 0 aromatic rings. The molecule has 2 amide bonds. The Bertz CT molecular complexity index is 273. The van der Waals surface area contributed by atoms with Crippen molar-refractivity contribution in [3.8, 4) is 0 Å². The highest BCUT2D eigenvalue weighted by Crippen LogP contribution is 2.27. The van der Waals surface area contributed by atoms with Crippen molar-refractivity contribution in [1.82, 2.24) is 10.6 Å². The van der Waals surface area contributed by atoms with Gasteiger partial charge in [-0.2, -0.15) is 0 Å². The summed E-state index contributed by atoms with van der Waals surface area (Å²) in [6.45, 7) is 3.43. The number of urea groups is 1. The van der Waals surface area contributed by atoms with Crippen LogP contribution in [0.3, 0.4) is 0 Å². The van der Waals surface area contributed by atoms with Gasteiger partial charge in [-0.05, 0) is 31.1 Å². The minimum absolute atomic E-state index is 0.0980. The maximum atomic E-state index is 11.4. The van der Waals surface area contributed by atoms with Crippen LogP contribution >= 0.6 is 0 Å². The number of carboxylic acid groups (broad SMARTS) is 1. The fourth-order valence-electron chi connectivity index (χ4n) is 2.27. The Hall–Kier alpha value is -1.26. The molecule has 1 saturated carbocycles. The molecule has 5 nitrogen and oxygen atoms in total. The van der Waals surface area contributed by atoms with E-state index in [1.54, 1.807) is 0 Å². The maximum absolute atomic E-state index is 11.4. The Labute approximate surface area is 108 Å². The summed E-state index contributed by atoms with van der Waals surface area (Å²) in [5.41, 5.74) is 0. The van der Waals surface area contributed by atoms with E-state index in [-0.39, 0.29) is 12.5 Å². The molecule has 5 heteroatoms. The van der Waals surface area contributed by atoms with Crippen LogP contribution in [-0.4, -0.2) is 30.2 Å². The number of hydrogen-bond acceptors (Lipinski definition) is 2. The number of carboxylic acids is 1. The molecule has 0 aromatic carbocycles. The number of amides is 2. The summed E-state index contributed by atoms with van der Waals surface area (Å²) in [5.74, 6) is 0.602. The summed E-state index contributed by atoms with van der Waals surface area (Å²) in [6, 6.07) is -0.181. The molecule has 0 heterocycles. The van der Waals surface area contributed by atoms with Crippen molar-refractivity contribution in [3.63, 3.8) is 0 Å². The molecule has 1 aliphatic rings. The van der Waals surface area contributed by atoms with E-state index in [0.29, 0.717) is 18.9 Å². The molecule has 0 aliphatic heterocycles. The van der Waals surface area contributed by atoms with E-state index in [1.807, 2.05) is 0 Å². The first kappa shape index (κ1) is 14.8. The molecule has 1 aliphatic carbocycles. The van der Waals surface area contributed by atoms with E-state index in [2.05, 4.69) is 17.6 Å². The Kier molecular flexibility index (Phi) is 6.54. The highest BCUT2D eigenvalue weighted by atomic mass is 16.4. The molecule has 18 heavy (non-hydrogen) atoms. The zero-order valence-electron chi connectivity index (χ0n) is 11.1. The third-order valence-electron chi connectivity index (χ3n) is 3.54. The first-order chi connectivity index (χ1) is 8.58. The van der Waals surface area contributed by atoms with Crippen molar-refractivity contribution < 1.29 is 14.7 Å². The van der Waals surface area contributed by atoms with Crippen LogP contribution in [0.2, 0.25) is 0 Å². The predicted octanol–water partition coefficient (Wildman–Crippen LogP) is 1.98. The van der Waals surface area contributed by atoms with Gasteiger partial charge in [0.25, 0.3) is 0 Å². The summed E-state index contributed by atoms with van der Waals surface area (Å²) >= 11 is 0. The number of nitrogens with one attached hydrogen (secondary N) is 2. The molecule has 0 saturated heterocycles. The second-order valence-corrected chi connectivity index (χ2v) is 5.26. The van der Waals surface area contributed by atoms with Gasteiger partial charge in [0.15, 0.2) is 0 Å². The molecule has 3 N–H and O–H groups in total. The Balaban J connectivity index is 2.01. The van der Waals surface area contributed by atoms with Gasteiger partial charge in [-0.3, -0.25) is 4.79 Å². The van der Waals surface area contributed by atoms with Crippen molar-refractivity contribution in [2.45, 2.75) is 45.4 Å². The molecule has 1 rings (SSSR count). The lowest BCUT2D eigenvalue weighted by Gasteiger charge is -2.26. The average Bonchev–Trinajstić information content (AvgIpc) is 2.34. The van der Waals surface area contributed by atoms with Gasteiger partial charge < -0.3 is 15.7 Å². The Morgan fingerprint density at radius 3 is 2.44 bits per heavy atom. The summed E-state index contributed by atoms with van der Waals surface area (Å²) in [7, 11) is 0. The summed E-state index contributed by atoms with van der Waals surface area (Å²) in [6.07, 6.45) is 5.48. The smallest absolute Gasteiger partial charge is 0.314 e. The average molecular weight is 256 g/mol. The van der Waals surface area contributed by atoms with E-state index in [9.17, 15) is 9.59 Å². The zero-order chi connectivity index (χ0) is 13.4. The molecule has 0 aromatic heterocycles. The highest BCUT2D eigenvalue weighted by Gasteiger charge is 2.18. The minimum Gasteiger partial charge on any atom is -0.481 e. The lowest BCUT2D eigenvalue weighted by Crippen LogP contribution is -2.39. The molecule has 0 atom stereocenters. The van der Waals surface area contributed by atoms with E-state index in [4.69, 9.17) is 5.11 Å². The first-order valence-corrected chi connectivity index (χ1v) is 6.81. The van der Waals surface area contributed by atoms with Gasteiger partial charge in [0.1, 0.15) is 0 Å². The van der Waals surface area contributed by atoms with Crippen LogP contribution in [0.1, 0.15) is 45.4 Å². The number of hydrogen-bond donors (Lipinski definition) is 3. The van der Waals surface area contributed by atoms with Crippen molar-refractivity contribution in [3.05, 3.63) is 0 Å². The van der Waals surface area contributed by atoms with Crippen LogP contribution in [0.25, 0.3) is 0 Å². The Morgan fingerprint density at radius 2 is 1.83 bits per heavy atom. The van der Waals surface area contributed by atoms with Crippen molar-refractivity contribution in [2.24, 2.45) is 11.8 Å². The fraction of sp³-hybridized carbons (Fsp3) is 0.846. The van der Waals surface area contributed by atoms with Gasteiger partial charge in [-0.15, -0.1) is 0 Å². The molecule has 0 unspecified atom stereocenters. The van der Waals surface area contributed by atoms with Gasteiger partial charge in [0.05, 0.1) is 0 Å². The molecule has 0 radical (unpaired) electrons. The molecular weight excluding hydrogens is 232 g/mol. The van der Waals surface area contributed by atoms with Crippen molar-refractivity contribution >= 4 is 12.0 Å². The van der Waals surface area contributed by atoms with Crippen molar-refractivity contribution in [1.29, 1.82) is 0 Å². The van der Waals surface area contributed by atoms with Crippen LogP contribution < -0.4 is 10.6 Å². The third kappa shape index (κ3) is 6.47. The molecule has 0 spiro atoms. The molecular formula is C13H24N2O3. The number of carbonyl (C=O) groups is 2. The van der Waals surface area contributed by atoms with Gasteiger partial charge in [-0.1, -0.05) is 19.8 Å². The van der Waals surface area contributed by atoms with Crippen molar-refractivity contribution in [2.75, 3.05) is 13.1 Å². The predicted molar refractivity (Wildman–Crippen MR) is 69.4 cm³/mol. The second-order valence-electron chi connectivity index (χ2n) is 5.26. The van der Waals surface area contributed by atoms with Crippen LogP contribution in [0.4, 0.5) is 4.79 Å². The van der Waals surface area contributed by atoms with Crippen LogP contribution in [0.15, 0.2) is 0 Å². The maximum Gasteiger partial charge on any atom is 0.314 e. The van der Waals surface area contributed by atoms with Gasteiger partial charge in [0.2, 0.25) is 0 Å². The van der Waals surface area contributed by atoms with Crippen LogP contribution in [0.5, 0.6) is 0 Å². The fourth-order valence-corrected chi connectivity index (χ4v) is 2.27. The first-order valence-electron chi connectivity index (χ1n) is 6.81. The molecule has 104 valence electrons. The molecule has 1 fully saturated rings. The quantitative estimate of drug-likeness (QED) is 0.636. The van der Waals surface area contributed by atoms with E-state index >= 15 is 0 Å². The standard InChI is InChI=1S/C13H24N2O3/c1-10-4-6-11(7-5-10)9-15-13(18)14-8-2-3-12(16)17/h10-11H,2-9H2,1H3,(H,16,17)(H2,14,15,18). The van der Waals surface area contributed by atoms with Crippen LogP contribution in [0, 0.1) is 11.8 Å². The van der Waals surface area contributed by atoms with E-state index < -0.39 is 5.97 Å². The molecule has 0 bridgehead atoms. The SMILES string of the molecule is CC1CCC(CNC(=O)NCCCC(=O)O)CC1. The number of rotatable bonds is 6. The van der Waals surface area contributed by atoms with E-state index in [1.165, 1.54) is 25.7 Å². The van der Waals surface area contributed by atoms with E-state index in [0.717, 1.165) is 12.5 Å². The lowest BCUT2D eigenvalue weighted by atomic mass is 9.83. The number of aliphatic carboxylic acids is 1. The summed E-state index contributed by atoms with van der Waals surface area (Å²) in [4.78, 5) is 21.7. The minimum atomic E-state index is -0.825. The van der Waals surface area contributed by atoms with Gasteiger partial charge in [0, 0.05) is 19.5 Å². The second kappa shape index (κ2) is 7.95. The topological polar surface area (TPSA) is 78.4 Å². The summed E-state index contributed by atoms with van der Waals surface area (Å²) < 4.78 is 0. The highest BCUT2D eigenvalue weighted by molar-refractivity contribution is 5.73. The van der Waals surface area contributed by atoms with Gasteiger partial charge in [-0.25, -0.2) is 4.79 Å². The summed E-state index contributed by atoms with van der Waals surface area (Å²) in [5, 5.41) is 14.0. The monoisotopic (exact) mass is 256 g/mol. The zero-order valence-corrected chi connectivity index (χ0v) is 11.1.